The summed E-state index contributed by atoms with van der Waals surface area (Å²) in [5.41, 5.74) is 1.97. The first-order valence-corrected chi connectivity index (χ1v) is 7.12. The maximum absolute atomic E-state index is 10.7. The van der Waals surface area contributed by atoms with Gasteiger partial charge in [-0.05, 0) is 42.2 Å². The van der Waals surface area contributed by atoms with Crippen LogP contribution in [0.5, 0.6) is 0 Å². The van der Waals surface area contributed by atoms with Crippen molar-refractivity contribution in [2.75, 3.05) is 11.5 Å². The molecule has 2 nitrogen and oxygen atoms in total. The van der Waals surface area contributed by atoms with E-state index in [0.717, 1.165) is 23.8 Å². The number of aryl methyl sites for hydroxylation is 1. The van der Waals surface area contributed by atoms with Gasteiger partial charge in [0.05, 0.1) is 0 Å². The summed E-state index contributed by atoms with van der Waals surface area (Å²) in [5.74, 6) is 2.40. The second-order valence-corrected chi connectivity index (χ2v) is 5.39. The summed E-state index contributed by atoms with van der Waals surface area (Å²) in [4.78, 5) is 10.7. The van der Waals surface area contributed by atoms with E-state index in [-0.39, 0.29) is 0 Å². The van der Waals surface area contributed by atoms with Crippen LogP contribution in [0, 0.1) is 0 Å². The van der Waals surface area contributed by atoms with Crippen LogP contribution in [0.25, 0.3) is 10.9 Å². The zero-order chi connectivity index (χ0) is 12.1. The second-order valence-electron chi connectivity index (χ2n) is 4.00. The summed E-state index contributed by atoms with van der Waals surface area (Å²) in [6.07, 6.45) is 4.20. The number of fused-ring (bicyclic) bond motifs is 1. The Morgan fingerprint density at radius 1 is 1.35 bits per heavy atom. The summed E-state index contributed by atoms with van der Waals surface area (Å²) >= 11 is 1.98. The van der Waals surface area contributed by atoms with E-state index < -0.39 is 0 Å². The van der Waals surface area contributed by atoms with Crippen molar-refractivity contribution in [3.63, 3.8) is 0 Å². The Morgan fingerprint density at radius 3 is 3.00 bits per heavy atom. The van der Waals surface area contributed by atoms with Crippen molar-refractivity contribution < 1.29 is 4.79 Å². The van der Waals surface area contributed by atoms with E-state index in [2.05, 4.69) is 23.8 Å². The van der Waals surface area contributed by atoms with E-state index in [9.17, 15) is 4.79 Å². The van der Waals surface area contributed by atoms with E-state index in [0.29, 0.717) is 0 Å². The fourth-order valence-corrected chi connectivity index (χ4v) is 2.59. The fraction of sp³-hybridized carbons (Fsp3) is 0.357. The summed E-state index contributed by atoms with van der Waals surface area (Å²) in [6, 6.07) is 7.94. The molecule has 0 saturated carbocycles. The molecule has 0 unspecified atom stereocenters. The first kappa shape index (κ1) is 12.2. The van der Waals surface area contributed by atoms with Gasteiger partial charge in [-0.15, -0.1) is 0 Å². The Morgan fingerprint density at radius 2 is 2.24 bits per heavy atom. The van der Waals surface area contributed by atoms with Gasteiger partial charge in [-0.25, -0.2) is 0 Å². The van der Waals surface area contributed by atoms with E-state index in [1.165, 1.54) is 23.4 Å². The van der Waals surface area contributed by atoms with Gasteiger partial charge in [-0.2, -0.15) is 11.8 Å². The second kappa shape index (κ2) is 5.92. The molecular weight excluding hydrogens is 230 g/mol. The molecule has 0 fully saturated rings. The highest BCUT2D eigenvalue weighted by Crippen LogP contribution is 2.17. The summed E-state index contributed by atoms with van der Waals surface area (Å²) in [7, 11) is 0. The molecule has 2 aromatic rings. The van der Waals surface area contributed by atoms with Crippen molar-refractivity contribution >= 4 is 29.0 Å². The monoisotopic (exact) mass is 247 g/mol. The smallest absolute Gasteiger partial charge is 0.150 e. The van der Waals surface area contributed by atoms with Crippen LogP contribution in [-0.2, 0) is 6.54 Å². The Balaban J connectivity index is 2.10. The predicted octanol–water partition coefficient (Wildman–Crippen LogP) is 3.60. The van der Waals surface area contributed by atoms with Crippen LogP contribution in [0.2, 0.25) is 0 Å². The predicted molar refractivity (Wildman–Crippen MR) is 74.9 cm³/mol. The van der Waals surface area contributed by atoms with Crippen LogP contribution in [0.3, 0.4) is 0 Å². The van der Waals surface area contributed by atoms with Gasteiger partial charge in [-0.1, -0.05) is 6.92 Å². The highest BCUT2D eigenvalue weighted by molar-refractivity contribution is 7.99. The van der Waals surface area contributed by atoms with Gasteiger partial charge in [-0.3, -0.25) is 4.79 Å². The molecule has 0 amide bonds. The number of hydrogen-bond donors (Lipinski definition) is 0. The molecule has 17 heavy (non-hydrogen) atoms. The number of thioether (sulfide) groups is 1. The molecule has 0 atom stereocenters. The third kappa shape index (κ3) is 2.91. The lowest BCUT2D eigenvalue weighted by Gasteiger charge is -2.05. The van der Waals surface area contributed by atoms with E-state index in [4.69, 9.17) is 0 Å². The van der Waals surface area contributed by atoms with Gasteiger partial charge < -0.3 is 4.57 Å². The molecule has 0 aliphatic rings. The molecule has 0 bridgehead atoms. The molecule has 0 radical (unpaired) electrons. The van der Waals surface area contributed by atoms with Crippen LogP contribution in [-0.4, -0.2) is 22.4 Å². The Labute approximate surface area is 106 Å². The topological polar surface area (TPSA) is 22.0 Å². The maximum atomic E-state index is 10.7. The molecule has 90 valence electrons. The zero-order valence-corrected chi connectivity index (χ0v) is 10.9. The average Bonchev–Trinajstić information content (AvgIpc) is 2.77. The van der Waals surface area contributed by atoms with Crippen molar-refractivity contribution in [3.05, 3.63) is 36.0 Å². The molecular formula is C14H17NOS. The first-order chi connectivity index (χ1) is 8.35. The Bertz CT molecular complexity index is 504. The minimum atomic E-state index is 0.747. The van der Waals surface area contributed by atoms with Gasteiger partial charge in [0.25, 0.3) is 0 Å². The molecule has 0 N–H and O–H groups in total. The number of nitrogens with zero attached hydrogens (tertiary/aromatic N) is 1. The van der Waals surface area contributed by atoms with Crippen molar-refractivity contribution in [2.24, 2.45) is 0 Å². The molecule has 1 heterocycles. The minimum Gasteiger partial charge on any atom is -0.347 e. The Kier molecular flexibility index (Phi) is 4.26. The normalized spacial score (nSPS) is 10.9. The van der Waals surface area contributed by atoms with Gasteiger partial charge in [0, 0.05) is 29.2 Å². The molecule has 0 aliphatic heterocycles. The first-order valence-electron chi connectivity index (χ1n) is 5.97. The fourth-order valence-electron chi connectivity index (χ4n) is 1.97. The average molecular weight is 247 g/mol. The number of carbonyl (C=O) groups excluding carboxylic acids is 1. The lowest BCUT2D eigenvalue weighted by Crippen LogP contribution is -1.97. The number of benzene rings is 1. The zero-order valence-electron chi connectivity index (χ0n) is 10.1. The van der Waals surface area contributed by atoms with Crippen LogP contribution >= 0.6 is 11.8 Å². The lowest BCUT2D eigenvalue weighted by atomic mass is 10.2. The van der Waals surface area contributed by atoms with Gasteiger partial charge >= 0.3 is 0 Å². The van der Waals surface area contributed by atoms with Crippen molar-refractivity contribution in [2.45, 2.75) is 19.9 Å². The van der Waals surface area contributed by atoms with Gasteiger partial charge in [0.2, 0.25) is 0 Å². The maximum Gasteiger partial charge on any atom is 0.150 e. The highest BCUT2D eigenvalue weighted by atomic mass is 32.2. The van der Waals surface area contributed by atoms with E-state index >= 15 is 0 Å². The summed E-state index contributed by atoms with van der Waals surface area (Å²) in [6.45, 7) is 3.24. The number of aromatic nitrogens is 1. The lowest BCUT2D eigenvalue weighted by molar-refractivity contribution is 0.112. The number of hydrogen-bond acceptors (Lipinski definition) is 2. The number of carbonyl (C=O) groups is 1. The van der Waals surface area contributed by atoms with Gasteiger partial charge in [0.1, 0.15) is 6.29 Å². The summed E-state index contributed by atoms with van der Waals surface area (Å²) in [5, 5.41) is 1.15. The third-order valence-electron chi connectivity index (χ3n) is 2.82. The van der Waals surface area contributed by atoms with E-state index in [1.807, 2.05) is 30.0 Å². The highest BCUT2D eigenvalue weighted by Gasteiger charge is 2.01. The Hall–Kier alpha value is -1.22. The SMILES string of the molecule is CCSCCCn1ccc2cc(C=O)ccc21. The van der Waals surface area contributed by atoms with Crippen LogP contribution in [0.4, 0.5) is 0 Å². The molecule has 0 saturated heterocycles. The van der Waals surface area contributed by atoms with E-state index in [1.54, 1.807) is 0 Å². The van der Waals surface area contributed by atoms with Crippen LogP contribution in [0.15, 0.2) is 30.5 Å². The molecule has 0 aliphatic carbocycles. The largest absolute Gasteiger partial charge is 0.347 e. The molecule has 1 aromatic heterocycles. The third-order valence-corrected chi connectivity index (χ3v) is 3.81. The number of rotatable bonds is 6. The molecule has 1 aromatic carbocycles. The van der Waals surface area contributed by atoms with Crippen LogP contribution in [0.1, 0.15) is 23.7 Å². The van der Waals surface area contributed by atoms with Crippen molar-refractivity contribution in [1.82, 2.24) is 4.57 Å². The standard InChI is InChI=1S/C14H17NOS/c1-2-17-9-3-7-15-8-6-13-10-12(11-16)4-5-14(13)15/h4-6,8,10-11H,2-3,7,9H2,1H3. The van der Waals surface area contributed by atoms with Crippen molar-refractivity contribution in [1.29, 1.82) is 0 Å². The van der Waals surface area contributed by atoms with Crippen molar-refractivity contribution in [3.8, 4) is 0 Å². The molecule has 0 spiro atoms. The van der Waals surface area contributed by atoms with Crippen LogP contribution < -0.4 is 0 Å². The van der Waals surface area contributed by atoms with Gasteiger partial charge in [0.15, 0.2) is 0 Å². The minimum absolute atomic E-state index is 0.747. The quantitative estimate of drug-likeness (QED) is 0.575. The number of aldehydes is 1. The molecule has 2 rings (SSSR count). The molecule has 3 heteroatoms. The summed E-state index contributed by atoms with van der Waals surface area (Å²) < 4.78 is 2.26.